The Kier molecular flexibility index (Phi) is 3.65. The summed E-state index contributed by atoms with van der Waals surface area (Å²) in [6, 6.07) is 0. The molecule has 0 unspecified atom stereocenters. The third-order valence-electron chi connectivity index (χ3n) is 1.48. The first-order chi connectivity index (χ1) is 5.00. The van der Waals surface area contributed by atoms with E-state index in [0.717, 1.165) is 0 Å². The summed E-state index contributed by atoms with van der Waals surface area (Å²) in [5, 5.41) is 0. The van der Waals surface area contributed by atoms with E-state index in [1.807, 2.05) is 0 Å². The van der Waals surface area contributed by atoms with E-state index in [2.05, 4.69) is 0 Å². The van der Waals surface area contributed by atoms with Crippen LogP contribution in [0.5, 0.6) is 0 Å². The summed E-state index contributed by atoms with van der Waals surface area (Å²) in [5.74, 6) is -2.02. The van der Waals surface area contributed by atoms with Crippen molar-refractivity contribution in [2.75, 3.05) is 0 Å². The van der Waals surface area contributed by atoms with Gasteiger partial charge in [-0.1, -0.05) is 6.92 Å². The third-order valence-corrected chi connectivity index (χ3v) is 1.48. The van der Waals surface area contributed by atoms with Gasteiger partial charge in [0.15, 0.2) is 5.78 Å². The van der Waals surface area contributed by atoms with Crippen molar-refractivity contribution < 1.29 is 14.4 Å². The molecule has 0 aromatic rings. The van der Waals surface area contributed by atoms with Crippen LogP contribution in [0.4, 0.5) is 0 Å². The normalized spacial score (nSPS) is 9.82. The molecule has 3 nitrogen and oxygen atoms in total. The van der Waals surface area contributed by atoms with Gasteiger partial charge in [-0.2, -0.15) is 0 Å². The molecule has 0 atom stereocenters. The van der Waals surface area contributed by atoms with E-state index in [1.165, 1.54) is 13.8 Å². The van der Waals surface area contributed by atoms with Crippen LogP contribution in [0.1, 0.15) is 27.2 Å². The molecule has 0 radical (unpaired) electrons. The Morgan fingerprint density at radius 2 is 1.45 bits per heavy atom. The van der Waals surface area contributed by atoms with Crippen molar-refractivity contribution in [1.29, 1.82) is 0 Å². The molecule has 0 aliphatic rings. The van der Waals surface area contributed by atoms with Gasteiger partial charge in [-0.15, -0.1) is 0 Å². The fourth-order valence-electron chi connectivity index (χ4n) is 0.944. The Labute approximate surface area is 65.8 Å². The molecule has 0 aromatic carbocycles. The van der Waals surface area contributed by atoms with Crippen molar-refractivity contribution in [2.45, 2.75) is 27.2 Å². The molecule has 0 rings (SSSR count). The van der Waals surface area contributed by atoms with Gasteiger partial charge in [0, 0.05) is 6.42 Å². The van der Waals surface area contributed by atoms with Gasteiger partial charge in [0.1, 0.15) is 17.5 Å². The summed E-state index contributed by atoms with van der Waals surface area (Å²) in [5.41, 5.74) is 0. The first kappa shape index (κ1) is 10.0. The lowest BCUT2D eigenvalue weighted by Crippen LogP contribution is -2.27. The Bertz CT molecular complexity index is 180. The molecule has 11 heavy (non-hydrogen) atoms. The van der Waals surface area contributed by atoms with Crippen LogP contribution in [-0.2, 0) is 14.4 Å². The second-order valence-electron chi connectivity index (χ2n) is 2.47. The number of carbonyl (C=O) groups is 3. The lowest BCUT2D eigenvalue weighted by molar-refractivity contribution is -0.138. The summed E-state index contributed by atoms with van der Waals surface area (Å²) >= 11 is 0. The summed E-state index contributed by atoms with van der Waals surface area (Å²) in [7, 11) is 0. The minimum atomic E-state index is -1.01. The number of hydrogen-bond donors (Lipinski definition) is 0. The molecule has 0 heterocycles. The lowest BCUT2D eigenvalue weighted by Gasteiger charge is -2.05. The SMILES string of the molecule is CCC(=O)C(C(C)=O)C(C)=O. The van der Waals surface area contributed by atoms with Crippen molar-refractivity contribution >= 4 is 17.3 Å². The van der Waals surface area contributed by atoms with E-state index in [0.29, 0.717) is 0 Å². The van der Waals surface area contributed by atoms with Crippen LogP contribution >= 0.6 is 0 Å². The third kappa shape index (κ3) is 2.62. The molecular weight excluding hydrogens is 144 g/mol. The van der Waals surface area contributed by atoms with E-state index in [-0.39, 0.29) is 23.8 Å². The number of carbonyl (C=O) groups excluding carboxylic acids is 3. The highest BCUT2D eigenvalue weighted by Crippen LogP contribution is 2.04. The molecule has 0 bridgehead atoms. The van der Waals surface area contributed by atoms with Gasteiger partial charge in [0.05, 0.1) is 0 Å². The largest absolute Gasteiger partial charge is 0.299 e. The predicted octanol–water partition coefficient (Wildman–Crippen LogP) is 0.760. The van der Waals surface area contributed by atoms with Crippen molar-refractivity contribution in [1.82, 2.24) is 0 Å². The molecule has 0 N–H and O–H groups in total. The van der Waals surface area contributed by atoms with Crippen LogP contribution in [0, 0.1) is 5.92 Å². The van der Waals surface area contributed by atoms with Gasteiger partial charge in [-0.3, -0.25) is 14.4 Å². The van der Waals surface area contributed by atoms with Crippen LogP contribution < -0.4 is 0 Å². The molecule has 0 amide bonds. The van der Waals surface area contributed by atoms with Gasteiger partial charge in [-0.05, 0) is 13.8 Å². The van der Waals surface area contributed by atoms with E-state index in [4.69, 9.17) is 0 Å². The maximum absolute atomic E-state index is 11.0. The second-order valence-corrected chi connectivity index (χ2v) is 2.47. The van der Waals surface area contributed by atoms with Gasteiger partial charge in [0.25, 0.3) is 0 Å². The maximum Gasteiger partial charge on any atom is 0.150 e. The molecule has 0 aliphatic carbocycles. The van der Waals surface area contributed by atoms with Crippen LogP contribution in [0.25, 0.3) is 0 Å². The number of ketones is 3. The monoisotopic (exact) mass is 156 g/mol. The second kappa shape index (κ2) is 4.01. The Morgan fingerprint density at radius 3 is 1.55 bits per heavy atom. The summed E-state index contributed by atoms with van der Waals surface area (Å²) in [6.07, 6.45) is 0.240. The molecule has 0 aromatic heterocycles. The van der Waals surface area contributed by atoms with Crippen LogP contribution in [0.2, 0.25) is 0 Å². The lowest BCUT2D eigenvalue weighted by atomic mass is 9.94. The van der Waals surface area contributed by atoms with E-state index < -0.39 is 5.92 Å². The number of hydrogen-bond acceptors (Lipinski definition) is 3. The first-order valence-electron chi connectivity index (χ1n) is 3.54. The zero-order chi connectivity index (χ0) is 9.02. The van der Waals surface area contributed by atoms with Crippen molar-refractivity contribution in [2.24, 2.45) is 5.92 Å². The highest BCUT2D eigenvalue weighted by atomic mass is 16.2. The van der Waals surface area contributed by atoms with Crippen molar-refractivity contribution in [3.8, 4) is 0 Å². The Hall–Kier alpha value is -0.990. The highest BCUT2D eigenvalue weighted by Gasteiger charge is 2.25. The molecule has 0 saturated heterocycles. The van der Waals surface area contributed by atoms with E-state index in [9.17, 15) is 14.4 Å². The fraction of sp³-hybridized carbons (Fsp3) is 0.625. The Balaban J connectivity index is 4.47. The molecule has 0 saturated carbocycles. The summed E-state index contributed by atoms with van der Waals surface area (Å²) in [6.45, 7) is 4.17. The number of rotatable bonds is 4. The fourth-order valence-corrected chi connectivity index (χ4v) is 0.944. The zero-order valence-electron chi connectivity index (χ0n) is 7.01. The van der Waals surface area contributed by atoms with Gasteiger partial charge in [0.2, 0.25) is 0 Å². The van der Waals surface area contributed by atoms with Crippen LogP contribution in [0.3, 0.4) is 0 Å². The molecule has 3 heteroatoms. The minimum Gasteiger partial charge on any atom is -0.299 e. The maximum atomic E-state index is 11.0. The zero-order valence-corrected chi connectivity index (χ0v) is 7.01. The Morgan fingerprint density at radius 1 is 1.09 bits per heavy atom. The van der Waals surface area contributed by atoms with Gasteiger partial charge < -0.3 is 0 Å². The highest BCUT2D eigenvalue weighted by molar-refractivity contribution is 6.17. The van der Waals surface area contributed by atoms with Gasteiger partial charge in [-0.25, -0.2) is 0 Å². The molecular formula is C8H12O3. The summed E-state index contributed by atoms with van der Waals surface area (Å²) < 4.78 is 0. The smallest absolute Gasteiger partial charge is 0.150 e. The van der Waals surface area contributed by atoms with Gasteiger partial charge >= 0.3 is 0 Å². The van der Waals surface area contributed by atoms with Crippen LogP contribution in [-0.4, -0.2) is 17.3 Å². The van der Waals surface area contributed by atoms with Crippen LogP contribution in [0.15, 0.2) is 0 Å². The van der Waals surface area contributed by atoms with Crippen molar-refractivity contribution in [3.05, 3.63) is 0 Å². The minimum absolute atomic E-state index is 0.240. The molecule has 0 spiro atoms. The average Bonchev–Trinajstić information content (AvgIpc) is 1.85. The van der Waals surface area contributed by atoms with E-state index in [1.54, 1.807) is 6.92 Å². The first-order valence-corrected chi connectivity index (χ1v) is 3.54. The summed E-state index contributed by atoms with van der Waals surface area (Å²) in [4.78, 5) is 32.4. The molecule has 0 fully saturated rings. The number of Topliss-reactive ketones (excluding diaryl/α,β-unsaturated/α-hetero) is 3. The predicted molar refractivity (Wildman–Crippen MR) is 40.2 cm³/mol. The topological polar surface area (TPSA) is 51.2 Å². The van der Waals surface area contributed by atoms with Crippen molar-refractivity contribution in [3.63, 3.8) is 0 Å². The standard InChI is InChI=1S/C8H12O3/c1-4-7(11)8(5(2)9)6(3)10/h8H,4H2,1-3H3. The van der Waals surface area contributed by atoms with E-state index >= 15 is 0 Å². The molecule has 62 valence electrons. The molecule has 0 aliphatic heterocycles. The average molecular weight is 156 g/mol. The quantitative estimate of drug-likeness (QED) is 0.564.